The van der Waals surface area contributed by atoms with E-state index in [0.29, 0.717) is 6.42 Å². The zero-order chi connectivity index (χ0) is 9.80. The maximum atomic E-state index is 10.3. The summed E-state index contributed by atoms with van der Waals surface area (Å²) in [6.07, 6.45) is 15.2. The molecule has 0 saturated carbocycles. The number of rotatable bonds is 3. The van der Waals surface area contributed by atoms with Gasteiger partial charge in [0.1, 0.15) is 6.29 Å². The molecule has 0 aromatic rings. The van der Waals surface area contributed by atoms with Gasteiger partial charge in [-0.15, -0.1) is 0 Å². The van der Waals surface area contributed by atoms with Crippen molar-refractivity contribution >= 4 is 6.29 Å². The molecule has 1 heteroatoms. The Morgan fingerprint density at radius 2 is 2.43 bits per heavy atom. The normalized spacial score (nSPS) is 25.0. The first-order valence-corrected chi connectivity index (χ1v) is 5.41. The van der Waals surface area contributed by atoms with Crippen LogP contribution in [0.15, 0.2) is 35.5 Å². The van der Waals surface area contributed by atoms with E-state index < -0.39 is 0 Å². The van der Waals surface area contributed by atoms with E-state index in [0.717, 1.165) is 18.6 Å². The summed E-state index contributed by atoms with van der Waals surface area (Å²) < 4.78 is 0. The van der Waals surface area contributed by atoms with Gasteiger partial charge in [0.05, 0.1) is 0 Å². The minimum Gasteiger partial charge on any atom is -0.303 e. The number of allylic oxidation sites excluding steroid dienone is 6. The Hall–Kier alpha value is -1.11. The molecule has 74 valence electrons. The molecule has 0 amide bonds. The molecule has 0 N–H and O–H groups in total. The highest BCUT2D eigenvalue weighted by Crippen LogP contribution is 2.36. The van der Waals surface area contributed by atoms with E-state index in [9.17, 15) is 4.79 Å². The Bertz CT molecular complexity index is 307. The fraction of sp³-hybridized carbons (Fsp3) is 0.462. The predicted molar refractivity (Wildman–Crippen MR) is 57.9 cm³/mol. The smallest absolute Gasteiger partial charge is 0.120 e. The third kappa shape index (κ3) is 1.87. The molecule has 1 nitrogen and oxygen atoms in total. The van der Waals surface area contributed by atoms with Gasteiger partial charge in [0.15, 0.2) is 0 Å². The highest BCUT2D eigenvalue weighted by Gasteiger charge is 2.20. The van der Waals surface area contributed by atoms with Gasteiger partial charge < -0.3 is 4.79 Å². The minimum atomic E-state index is 0.666. The molecule has 0 radical (unpaired) electrons. The largest absolute Gasteiger partial charge is 0.303 e. The average Bonchev–Trinajstić information content (AvgIpc) is 2.26. The number of hydrogen-bond donors (Lipinski definition) is 0. The molecule has 0 fully saturated rings. The number of carbonyl (C=O) groups excluding carboxylic acids is 1. The predicted octanol–water partition coefficient (Wildman–Crippen LogP) is 3.19. The maximum absolute atomic E-state index is 10.3. The van der Waals surface area contributed by atoms with Crippen LogP contribution < -0.4 is 0 Å². The van der Waals surface area contributed by atoms with Crippen molar-refractivity contribution in [1.29, 1.82) is 0 Å². The van der Waals surface area contributed by atoms with Crippen LogP contribution in [-0.2, 0) is 4.79 Å². The van der Waals surface area contributed by atoms with Gasteiger partial charge in [-0.2, -0.15) is 0 Å². The third-order valence-corrected chi connectivity index (χ3v) is 3.08. The standard InChI is InChI=1S/C13H16O/c14-10-4-8-12-7-3-6-11-5-1-2-9-13(11)12/h1-2,7,9-11H,3-6,8H2. The molecule has 0 heterocycles. The molecule has 0 aliphatic heterocycles. The average molecular weight is 188 g/mol. The minimum absolute atomic E-state index is 0.666. The van der Waals surface area contributed by atoms with E-state index >= 15 is 0 Å². The van der Waals surface area contributed by atoms with Gasteiger partial charge in [-0.1, -0.05) is 24.3 Å². The number of hydrogen-bond acceptors (Lipinski definition) is 1. The van der Waals surface area contributed by atoms with Gasteiger partial charge >= 0.3 is 0 Å². The Kier molecular flexibility index (Phi) is 2.97. The van der Waals surface area contributed by atoms with E-state index in [1.807, 2.05) is 0 Å². The van der Waals surface area contributed by atoms with Gasteiger partial charge in [0, 0.05) is 6.42 Å². The molecule has 1 atom stereocenters. The van der Waals surface area contributed by atoms with Gasteiger partial charge in [-0.05, 0) is 42.7 Å². The number of carbonyl (C=O) groups is 1. The van der Waals surface area contributed by atoms with Crippen LogP contribution in [0.2, 0.25) is 0 Å². The zero-order valence-electron chi connectivity index (χ0n) is 8.41. The molecule has 1 unspecified atom stereocenters. The van der Waals surface area contributed by atoms with E-state index in [2.05, 4.69) is 24.3 Å². The quantitative estimate of drug-likeness (QED) is 0.622. The Morgan fingerprint density at radius 3 is 3.29 bits per heavy atom. The molecule has 14 heavy (non-hydrogen) atoms. The Labute approximate surface area is 85.2 Å². The van der Waals surface area contributed by atoms with E-state index in [4.69, 9.17) is 0 Å². The molecular weight excluding hydrogens is 172 g/mol. The first-order chi connectivity index (χ1) is 6.92. The second-order valence-corrected chi connectivity index (χ2v) is 3.99. The van der Waals surface area contributed by atoms with Crippen molar-refractivity contribution in [2.45, 2.75) is 32.1 Å². The molecule has 2 aliphatic rings. The Morgan fingerprint density at radius 1 is 1.50 bits per heavy atom. The molecule has 2 rings (SSSR count). The van der Waals surface area contributed by atoms with Crippen LogP contribution in [-0.4, -0.2) is 6.29 Å². The zero-order valence-corrected chi connectivity index (χ0v) is 8.41. The number of aldehydes is 1. The van der Waals surface area contributed by atoms with Crippen molar-refractivity contribution in [2.24, 2.45) is 5.92 Å². The van der Waals surface area contributed by atoms with Gasteiger partial charge in [0.2, 0.25) is 0 Å². The van der Waals surface area contributed by atoms with Gasteiger partial charge in [-0.25, -0.2) is 0 Å². The first-order valence-electron chi connectivity index (χ1n) is 5.41. The van der Waals surface area contributed by atoms with Crippen molar-refractivity contribution in [2.75, 3.05) is 0 Å². The van der Waals surface area contributed by atoms with Crippen LogP contribution in [0.3, 0.4) is 0 Å². The lowest BCUT2D eigenvalue weighted by atomic mass is 9.78. The summed E-state index contributed by atoms with van der Waals surface area (Å²) in [6.45, 7) is 0. The highest BCUT2D eigenvalue weighted by atomic mass is 16.1. The second kappa shape index (κ2) is 4.41. The van der Waals surface area contributed by atoms with Crippen molar-refractivity contribution in [3.05, 3.63) is 35.5 Å². The van der Waals surface area contributed by atoms with Crippen molar-refractivity contribution in [3.63, 3.8) is 0 Å². The SMILES string of the molecule is O=CCCC1=CCCC2CC=CC=C12. The van der Waals surface area contributed by atoms with Crippen LogP contribution in [0.4, 0.5) is 0 Å². The van der Waals surface area contributed by atoms with Crippen molar-refractivity contribution < 1.29 is 4.79 Å². The fourth-order valence-electron chi connectivity index (χ4n) is 2.36. The summed E-state index contributed by atoms with van der Waals surface area (Å²) in [7, 11) is 0. The Balaban J connectivity index is 2.14. The molecule has 2 aliphatic carbocycles. The summed E-state index contributed by atoms with van der Waals surface area (Å²) in [4.78, 5) is 10.3. The van der Waals surface area contributed by atoms with Crippen LogP contribution >= 0.6 is 0 Å². The van der Waals surface area contributed by atoms with Crippen molar-refractivity contribution in [1.82, 2.24) is 0 Å². The fourth-order valence-corrected chi connectivity index (χ4v) is 2.36. The van der Waals surface area contributed by atoms with E-state index in [1.54, 1.807) is 0 Å². The monoisotopic (exact) mass is 188 g/mol. The second-order valence-electron chi connectivity index (χ2n) is 3.99. The van der Waals surface area contributed by atoms with Gasteiger partial charge in [-0.3, -0.25) is 0 Å². The summed E-state index contributed by atoms with van der Waals surface area (Å²) in [5.74, 6) is 0.728. The third-order valence-electron chi connectivity index (χ3n) is 3.08. The van der Waals surface area contributed by atoms with Crippen LogP contribution in [0, 0.1) is 5.92 Å². The van der Waals surface area contributed by atoms with Crippen LogP contribution in [0.5, 0.6) is 0 Å². The first kappa shape index (κ1) is 9.45. The number of fused-ring (bicyclic) bond motifs is 1. The summed E-state index contributed by atoms with van der Waals surface area (Å²) in [5, 5.41) is 0. The van der Waals surface area contributed by atoms with E-state index in [1.165, 1.54) is 30.4 Å². The molecule has 0 bridgehead atoms. The topological polar surface area (TPSA) is 17.1 Å². The molecule has 0 aromatic carbocycles. The lowest BCUT2D eigenvalue weighted by Gasteiger charge is -2.27. The maximum Gasteiger partial charge on any atom is 0.120 e. The molecule has 0 spiro atoms. The molecule has 0 aromatic heterocycles. The van der Waals surface area contributed by atoms with Crippen molar-refractivity contribution in [3.8, 4) is 0 Å². The summed E-state index contributed by atoms with van der Waals surface area (Å²) in [5.41, 5.74) is 2.90. The summed E-state index contributed by atoms with van der Waals surface area (Å²) in [6, 6.07) is 0. The van der Waals surface area contributed by atoms with Gasteiger partial charge in [0.25, 0.3) is 0 Å². The van der Waals surface area contributed by atoms with Crippen LogP contribution in [0.1, 0.15) is 32.1 Å². The summed E-state index contributed by atoms with van der Waals surface area (Å²) >= 11 is 0. The molecular formula is C13H16O. The lowest BCUT2D eigenvalue weighted by molar-refractivity contribution is -0.107. The van der Waals surface area contributed by atoms with E-state index in [-0.39, 0.29) is 0 Å². The highest BCUT2D eigenvalue weighted by molar-refractivity contribution is 5.51. The van der Waals surface area contributed by atoms with Crippen LogP contribution in [0.25, 0.3) is 0 Å². The molecule has 0 saturated heterocycles. The lowest BCUT2D eigenvalue weighted by Crippen LogP contribution is -2.12.